The Hall–Kier alpha value is -2.11. The van der Waals surface area contributed by atoms with Crippen LogP contribution < -0.4 is 0 Å². The molecule has 0 saturated heterocycles. The standard InChI is InChI=1S/C27H33NO4/c1-25(2,30)24-31-21-11-12-26(3)19(18(21)14-22(29)32-24)10-9-15-13-17-16-7-5-6-8-20(16)28-23(17)27(15,26)4/h5-8,14-15,19,21,24,28,30H,9-13H2,1-4H3/t15-,19-,21-,24-,26-,27+/m0/s1. The van der Waals surface area contributed by atoms with Crippen molar-refractivity contribution in [3.63, 3.8) is 0 Å². The number of carbonyl (C=O) groups excluding carboxylic acids is 1. The summed E-state index contributed by atoms with van der Waals surface area (Å²) in [5.41, 5.74) is 3.98. The minimum atomic E-state index is -1.24. The molecular formula is C27H33NO4. The van der Waals surface area contributed by atoms with E-state index >= 15 is 0 Å². The Balaban J connectivity index is 1.44. The first kappa shape index (κ1) is 20.5. The van der Waals surface area contributed by atoms with Crippen LogP contribution in [0.15, 0.2) is 35.9 Å². The summed E-state index contributed by atoms with van der Waals surface area (Å²) in [6.45, 7) is 8.16. The molecule has 6 rings (SSSR count). The smallest absolute Gasteiger partial charge is 0.333 e. The van der Waals surface area contributed by atoms with Crippen LogP contribution in [0, 0.1) is 17.3 Å². The quantitative estimate of drug-likeness (QED) is 0.633. The highest BCUT2D eigenvalue weighted by molar-refractivity contribution is 5.86. The molecule has 6 atom stereocenters. The van der Waals surface area contributed by atoms with Crippen LogP contribution in [0.25, 0.3) is 10.9 Å². The lowest BCUT2D eigenvalue weighted by Gasteiger charge is -2.60. The number of H-pyrrole nitrogens is 1. The summed E-state index contributed by atoms with van der Waals surface area (Å²) >= 11 is 0. The van der Waals surface area contributed by atoms with Crippen molar-refractivity contribution in [1.82, 2.24) is 4.98 Å². The predicted octanol–water partition coefficient (Wildman–Crippen LogP) is 4.77. The van der Waals surface area contributed by atoms with Crippen molar-refractivity contribution < 1.29 is 19.4 Å². The molecule has 3 aliphatic carbocycles. The topological polar surface area (TPSA) is 71.5 Å². The highest BCUT2D eigenvalue weighted by Gasteiger charge is 2.63. The number of para-hydroxylation sites is 1. The Bertz CT molecular complexity index is 1140. The maximum Gasteiger partial charge on any atom is 0.333 e. The molecular weight excluding hydrogens is 402 g/mol. The van der Waals surface area contributed by atoms with E-state index in [1.165, 1.54) is 22.2 Å². The number of aromatic amines is 1. The zero-order chi connectivity index (χ0) is 22.5. The summed E-state index contributed by atoms with van der Waals surface area (Å²) in [5.74, 6) is 0.464. The highest BCUT2D eigenvalue weighted by atomic mass is 16.7. The number of rotatable bonds is 1. The second-order valence-corrected chi connectivity index (χ2v) is 11.4. The molecule has 32 heavy (non-hydrogen) atoms. The maximum absolute atomic E-state index is 12.7. The molecule has 5 nitrogen and oxygen atoms in total. The Morgan fingerprint density at radius 3 is 2.72 bits per heavy atom. The van der Waals surface area contributed by atoms with Gasteiger partial charge in [0.1, 0.15) is 5.60 Å². The Kier molecular flexibility index (Phi) is 4.15. The predicted molar refractivity (Wildman–Crippen MR) is 122 cm³/mol. The normalized spacial score (nSPS) is 38.8. The molecule has 0 amide bonds. The van der Waals surface area contributed by atoms with Gasteiger partial charge >= 0.3 is 5.97 Å². The number of cyclic esters (lactones) is 1. The van der Waals surface area contributed by atoms with Crippen LogP contribution in [0.4, 0.5) is 0 Å². The molecule has 4 aliphatic rings. The number of aliphatic hydroxyl groups is 1. The zero-order valence-corrected chi connectivity index (χ0v) is 19.4. The Morgan fingerprint density at radius 2 is 1.94 bits per heavy atom. The second kappa shape index (κ2) is 6.48. The van der Waals surface area contributed by atoms with E-state index in [2.05, 4.69) is 43.1 Å². The van der Waals surface area contributed by atoms with Crippen molar-refractivity contribution in [3.05, 3.63) is 47.2 Å². The maximum atomic E-state index is 12.7. The number of fused-ring (bicyclic) bond motifs is 9. The number of aromatic nitrogens is 1. The molecule has 2 saturated carbocycles. The summed E-state index contributed by atoms with van der Waals surface area (Å²) in [6, 6.07) is 8.66. The number of hydrogen-bond donors (Lipinski definition) is 2. The average Bonchev–Trinajstić information content (AvgIpc) is 3.16. The zero-order valence-electron chi connectivity index (χ0n) is 19.4. The SMILES string of the molecule is CC(C)(O)[C@@H]1OC(=O)C=C2[C@H](CC[C@@]3(C)[C@H]2CC[C@H]2Cc4c([nH]c5ccccc45)[C@@]23C)O1. The minimum absolute atomic E-state index is 0.0158. The summed E-state index contributed by atoms with van der Waals surface area (Å²) in [5, 5.41) is 11.8. The third-order valence-electron chi connectivity index (χ3n) is 9.43. The molecule has 170 valence electrons. The van der Waals surface area contributed by atoms with E-state index in [1.54, 1.807) is 19.9 Å². The fraction of sp³-hybridized carbons (Fsp3) is 0.593. The van der Waals surface area contributed by atoms with Gasteiger partial charge in [-0.25, -0.2) is 4.79 Å². The third-order valence-corrected chi connectivity index (χ3v) is 9.43. The number of ether oxygens (including phenoxy) is 2. The first-order valence-corrected chi connectivity index (χ1v) is 12.0. The first-order chi connectivity index (χ1) is 15.1. The van der Waals surface area contributed by atoms with E-state index in [0.717, 1.165) is 37.7 Å². The monoisotopic (exact) mass is 435 g/mol. The van der Waals surface area contributed by atoms with Gasteiger partial charge in [-0.05, 0) is 80.4 Å². The molecule has 1 aromatic heterocycles. The van der Waals surface area contributed by atoms with Gasteiger partial charge in [-0.2, -0.15) is 0 Å². The summed E-state index contributed by atoms with van der Waals surface area (Å²) in [4.78, 5) is 16.5. The van der Waals surface area contributed by atoms with E-state index in [4.69, 9.17) is 9.47 Å². The van der Waals surface area contributed by atoms with Gasteiger partial charge in [0, 0.05) is 28.1 Å². The van der Waals surface area contributed by atoms with Crippen LogP contribution in [0.2, 0.25) is 0 Å². The average molecular weight is 436 g/mol. The van der Waals surface area contributed by atoms with E-state index in [0.29, 0.717) is 5.92 Å². The number of benzene rings is 1. The van der Waals surface area contributed by atoms with E-state index in [1.807, 2.05) is 0 Å². The van der Waals surface area contributed by atoms with Gasteiger partial charge < -0.3 is 19.6 Å². The first-order valence-electron chi connectivity index (χ1n) is 12.0. The van der Waals surface area contributed by atoms with Crippen molar-refractivity contribution in [1.29, 1.82) is 0 Å². The molecule has 2 heterocycles. The lowest BCUT2D eigenvalue weighted by atomic mass is 9.45. The molecule has 0 unspecified atom stereocenters. The van der Waals surface area contributed by atoms with Crippen LogP contribution in [-0.2, 0) is 26.1 Å². The number of carbonyl (C=O) groups is 1. The Morgan fingerprint density at radius 1 is 1.16 bits per heavy atom. The minimum Gasteiger partial charge on any atom is -0.429 e. The van der Waals surface area contributed by atoms with Crippen LogP contribution in [-0.4, -0.2) is 34.1 Å². The van der Waals surface area contributed by atoms with Gasteiger partial charge in [0.05, 0.1) is 6.10 Å². The Labute approximate surface area is 189 Å². The molecule has 2 N–H and O–H groups in total. The summed E-state index contributed by atoms with van der Waals surface area (Å²) in [6.07, 6.45) is 5.74. The van der Waals surface area contributed by atoms with Crippen LogP contribution in [0.3, 0.4) is 0 Å². The van der Waals surface area contributed by atoms with Crippen molar-refractivity contribution in [2.75, 3.05) is 0 Å². The summed E-state index contributed by atoms with van der Waals surface area (Å²) < 4.78 is 11.7. The number of esters is 1. The molecule has 0 bridgehead atoms. The van der Waals surface area contributed by atoms with E-state index in [9.17, 15) is 9.90 Å². The van der Waals surface area contributed by atoms with Gasteiger partial charge in [0.15, 0.2) is 0 Å². The molecule has 0 radical (unpaired) electrons. The van der Waals surface area contributed by atoms with Crippen molar-refractivity contribution in [2.45, 2.75) is 83.2 Å². The lowest BCUT2D eigenvalue weighted by Crippen LogP contribution is -2.57. The van der Waals surface area contributed by atoms with Gasteiger partial charge in [0.25, 0.3) is 0 Å². The van der Waals surface area contributed by atoms with Gasteiger partial charge in [0.2, 0.25) is 6.29 Å². The third kappa shape index (κ3) is 2.55. The van der Waals surface area contributed by atoms with Gasteiger partial charge in [-0.15, -0.1) is 0 Å². The van der Waals surface area contributed by atoms with Crippen molar-refractivity contribution >= 4 is 16.9 Å². The molecule has 1 aliphatic heterocycles. The van der Waals surface area contributed by atoms with Gasteiger partial charge in [-0.1, -0.05) is 32.0 Å². The number of hydrogen-bond acceptors (Lipinski definition) is 4. The van der Waals surface area contributed by atoms with Crippen LogP contribution >= 0.6 is 0 Å². The van der Waals surface area contributed by atoms with Crippen molar-refractivity contribution in [2.24, 2.45) is 17.3 Å². The van der Waals surface area contributed by atoms with Crippen LogP contribution in [0.1, 0.15) is 64.6 Å². The fourth-order valence-electron chi connectivity index (χ4n) is 7.59. The molecule has 2 fully saturated rings. The second-order valence-electron chi connectivity index (χ2n) is 11.4. The molecule has 1 aromatic carbocycles. The lowest BCUT2D eigenvalue weighted by molar-refractivity contribution is -0.234. The number of nitrogens with one attached hydrogen (secondary N) is 1. The molecule has 2 aromatic rings. The van der Waals surface area contributed by atoms with Gasteiger partial charge in [-0.3, -0.25) is 0 Å². The fourth-order valence-corrected chi connectivity index (χ4v) is 7.59. The molecule has 0 spiro atoms. The highest BCUT2D eigenvalue weighted by Crippen LogP contribution is 2.67. The largest absolute Gasteiger partial charge is 0.429 e. The van der Waals surface area contributed by atoms with E-state index < -0.39 is 17.9 Å². The van der Waals surface area contributed by atoms with E-state index in [-0.39, 0.29) is 22.9 Å². The van der Waals surface area contributed by atoms with Crippen molar-refractivity contribution in [3.8, 4) is 0 Å². The molecule has 5 heteroatoms. The van der Waals surface area contributed by atoms with Crippen LogP contribution in [0.5, 0.6) is 0 Å². The summed E-state index contributed by atoms with van der Waals surface area (Å²) in [7, 11) is 0.